The van der Waals surface area contributed by atoms with E-state index in [1.807, 2.05) is 81.4 Å². The summed E-state index contributed by atoms with van der Waals surface area (Å²) in [6.45, 7) is 6.04. The van der Waals surface area contributed by atoms with Gasteiger partial charge in [0, 0.05) is 0 Å². The number of nitrogens with one attached hydrogen (secondary N) is 3. The zero-order chi connectivity index (χ0) is 23.4. The van der Waals surface area contributed by atoms with Gasteiger partial charge in [0.15, 0.2) is 0 Å². The van der Waals surface area contributed by atoms with Crippen LogP contribution >= 0.6 is 0 Å². The molecule has 3 N–H and O–H groups in total. The minimum Gasteiger partial charge on any atom is -0.497 e. The van der Waals surface area contributed by atoms with Crippen molar-refractivity contribution >= 4 is 17.1 Å². The Kier molecular flexibility index (Phi) is 6.36. The van der Waals surface area contributed by atoms with E-state index < -0.39 is 5.54 Å². The Morgan fingerprint density at radius 1 is 1.03 bits per heavy atom. The zero-order valence-corrected chi connectivity index (χ0v) is 19.5. The van der Waals surface area contributed by atoms with E-state index in [4.69, 9.17) is 9.72 Å². The molecule has 3 aromatic carbocycles. The van der Waals surface area contributed by atoms with Gasteiger partial charge in [0.25, 0.3) is 0 Å². The molecule has 0 aliphatic rings. The van der Waals surface area contributed by atoms with Crippen molar-refractivity contribution in [3.63, 3.8) is 0 Å². The lowest BCUT2D eigenvalue weighted by atomic mass is 9.94. The van der Waals surface area contributed by atoms with Crippen molar-refractivity contribution in [2.45, 2.75) is 38.8 Å². The third kappa shape index (κ3) is 5.34. The van der Waals surface area contributed by atoms with Gasteiger partial charge in [-0.05, 0) is 62.6 Å². The van der Waals surface area contributed by atoms with Crippen LogP contribution in [0.15, 0.2) is 72.8 Å². The molecule has 0 aliphatic carbocycles. The number of nitrogens with zero attached hydrogens (tertiary/aromatic N) is 1. The summed E-state index contributed by atoms with van der Waals surface area (Å²) in [5, 5.41) is 6.25. The van der Waals surface area contributed by atoms with Crippen molar-refractivity contribution in [1.82, 2.24) is 20.6 Å². The topological polar surface area (TPSA) is 79.0 Å². The molecule has 33 heavy (non-hydrogen) atoms. The molecule has 4 rings (SSSR count). The Hall–Kier alpha value is -3.80. The molecule has 170 valence electrons. The normalized spacial score (nSPS) is 12.4. The molecule has 0 unspecified atom stereocenters. The van der Waals surface area contributed by atoms with Crippen LogP contribution in [0.5, 0.6) is 5.75 Å². The number of aromatic amines is 1. The first kappa shape index (κ1) is 22.4. The van der Waals surface area contributed by atoms with Crippen molar-refractivity contribution in [3.05, 3.63) is 95.3 Å². The van der Waals surface area contributed by atoms with Gasteiger partial charge in [0.2, 0.25) is 0 Å². The van der Waals surface area contributed by atoms with Crippen molar-refractivity contribution in [1.29, 1.82) is 0 Å². The standard InChI is InChI=1S/C27H30N4O2/c1-18-9-13-20(14-10-18)27(2,3)31-26(32)30-24(17-19-11-15-21(33-4)16-12-19)25-28-22-7-5-6-8-23(22)29-25/h5-16,24H,17H2,1-4H3,(H,28,29)(H2,30,31,32)/t24-/m1/s1. The number of imidazole rings is 1. The van der Waals surface area contributed by atoms with E-state index in [1.54, 1.807) is 7.11 Å². The van der Waals surface area contributed by atoms with Crippen LogP contribution in [0, 0.1) is 6.92 Å². The van der Waals surface area contributed by atoms with Crippen molar-refractivity contribution < 1.29 is 9.53 Å². The number of amides is 2. The molecular weight excluding hydrogens is 412 g/mol. The maximum atomic E-state index is 13.1. The van der Waals surface area contributed by atoms with E-state index in [0.717, 1.165) is 33.7 Å². The molecule has 2 amide bonds. The molecule has 0 bridgehead atoms. The van der Waals surface area contributed by atoms with Gasteiger partial charge in [0.05, 0.1) is 29.7 Å². The van der Waals surface area contributed by atoms with E-state index in [1.165, 1.54) is 5.56 Å². The molecule has 6 nitrogen and oxygen atoms in total. The average molecular weight is 443 g/mol. The zero-order valence-electron chi connectivity index (χ0n) is 19.5. The highest BCUT2D eigenvalue weighted by Gasteiger charge is 2.25. The Bertz CT molecular complexity index is 1190. The molecule has 0 aliphatic heterocycles. The fourth-order valence-electron chi connectivity index (χ4n) is 3.87. The Balaban J connectivity index is 1.56. The monoisotopic (exact) mass is 442 g/mol. The molecule has 0 saturated heterocycles. The summed E-state index contributed by atoms with van der Waals surface area (Å²) >= 11 is 0. The van der Waals surface area contributed by atoms with Crippen LogP contribution in [0.25, 0.3) is 11.0 Å². The minimum absolute atomic E-state index is 0.250. The summed E-state index contributed by atoms with van der Waals surface area (Å²) in [7, 11) is 1.65. The lowest BCUT2D eigenvalue weighted by Gasteiger charge is -2.28. The largest absolute Gasteiger partial charge is 0.497 e. The number of rotatable bonds is 7. The molecule has 1 heterocycles. The molecule has 0 spiro atoms. The van der Waals surface area contributed by atoms with Crippen LogP contribution in [0.3, 0.4) is 0 Å². The number of ether oxygens (including phenoxy) is 1. The summed E-state index contributed by atoms with van der Waals surface area (Å²) in [6.07, 6.45) is 0.586. The number of aryl methyl sites for hydroxylation is 1. The van der Waals surface area contributed by atoms with Gasteiger partial charge in [-0.1, -0.05) is 54.1 Å². The Morgan fingerprint density at radius 2 is 1.73 bits per heavy atom. The second-order valence-corrected chi connectivity index (χ2v) is 8.83. The van der Waals surface area contributed by atoms with Gasteiger partial charge < -0.3 is 20.4 Å². The summed E-state index contributed by atoms with van der Waals surface area (Å²) in [4.78, 5) is 21.2. The van der Waals surface area contributed by atoms with Crippen molar-refractivity contribution in [2.24, 2.45) is 0 Å². The number of urea groups is 1. The highest BCUT2D eigenvalue weighted by molar-refractivity contribution is 5.77. The molecular formula is C27H30N4O2. The van der Waals surface area contributed by atoms with Gasteiger partial charge in [-0.3, -0.25) is 0 Å². The first-order chi connectivity index (χ1) is 15.8. The summed E-state index contributed by atoms with van der Waals surface area (Å²) in [5.41, 5.74) is 4.57. The number of para-hydroxylation sites is 2. The second-order valence-electron chi connectivity index (χ2n) is 8.83. The van der Waals surface area contributed by atoms with E-state index >= 15 is 0 Å². The van der Waals surface area contributed by atoms with Crippen molar-refractivity contribution in [3.8, 4) is 5.75 Å². The quantitative estimate of drug-likeness (QED) is 0.359. The number of hydrogen-bond donors (Lipinski definition) is 3. The Morgan fingerprint density at radius 3 is 2.39 bits per heavy atom. The van der Waals surface area contributed by atoms with Crippen LogP contribution in [0.2, 0.25) is 0 Å². The number of benzene rings is 3. The molecule has 0 fully saturated rings. The molecule has 1 aromatic heterocycles. The van der Waals surface area contributed by atoms with Crippen LogP contribution in [0.4, 0.5) is 4.79 Å². The Labute approximate surface area is 194 Å². The average Bonchev–Trinajstić information content (AvgIpc) is 3.23. The maximum Gasteiger partial charge on any atom is 0.316 e. The van der Waals surface area contributed by atoms with Gasteiger partial charge in [-0.15, -0.1) is 0 Å². The molecule has 1 atom stereocenters. The number of H-pyrrole nitrogens is 1. The van der Waals surface area contributed by atoms with E-state index in [0.29, 0.717) is 6.42 Å². The lowest BCUT2D eigenvalue weighted by molar-refractivity contribution is 0.225. The highest BCUT2D eigenvalue weighted by atomic mass is 16.5. The predicted octanol–water partition coefficient (Wildman–Crippen LogP) is 5.40. The van der Waals surface area contributed by atoms with Gasteiger partial charge >= 0.3 is 6.03 Å². The summed E-state index contributed by atoms with van der Waals surface area (Å²) < 4.78 is 5.27. The van der Waals surface area contributed by atoms with E-state index in [2.05, 4.69) is 27.8 Å². The maximum absolute atomic E-state index is 13.1. The smallest absolute Gasteiger partial charge is 0.316 e. The van der Waals surface area contributed by atoms with Gasteiger partial charge in [-0.2, -0.15) is 0 Å². The number of aromatic nitrogens is 2. The number of fused-ring (bicyclic) bond motifs is 1. The van der Waals surface area contributed by atoms with Crippen LogP contribution in [-0.2, 0) is 12.0 Å². The first-order valence-corrected chi connectivity index (χ1v) is 11.1. The van der Waals surface area contributed by atoms with E-state index in [9.17, 15) is 4.79 Å². The first-order valence-electron chi connectivity index (χ1n) is 11.1. The lowest BCUT2D eigenvalue weighted by Crippen LogP contribution is -2.47. The van der Waals surface area contributed by atoms with E-state index in [-0.39, 0.29) is 12.1 Å². The predicted molar refractivity (Wildman–Crippen MR) is 131 cm³/mol. The third-order valence-electron chi connectivity index (χ3n) is 5.84. The molecule has 0 saturated carbocycles. The van der Waals surface area contributed by atoms with Crippen LogP contribution < -0.4 is 15.4 Å². The molecule has 0 radical (unpaired) electrons. The second kappa shape index (κ2) is 9.36. The van der Waals surface area contributed by atoms with Gasteiger partial charge in [0.1, 0.15) is 11.6 Å². The summed E-state index contributed by atoms with van der Waals surface area (Å²) in [5.74, 6) is 1.51. The molecule has 4 aromatic rings. The summed E-state index contributed by atoms with van der Waals surface area (Å²) in [6, 6.07) is 23.3. The van der Waals surface area contributed by atoms with Gasteiger partial charge in [-0.25, -0.2) is 9.78 Å². The van der Waals surface area contributed by atoms with Crippen LogP contribution in [-0.4, -0.2) is 23.1 Å². The number of methoxy groups -OCH3 is 1. The number of carbonyl (C=O) groups is 1. The van der Waals surface area contributed by atoms with Crippen molar-refractivity contribution in [2.75, 3.05) is 7.11 Å². The molecule has 6 heteroatoms. The number of carbonyl (C=O) groups excluding carboxylic acids is 1. The third-order valence-corrected chi connectivity index (χ3v) is 5.84. The fraction of sp³-hybridized carbons (Fsp3) is 0.259. The fourth-order valence-corrected chi connectivity index (χ4v) is 3.87. The van der Waals surface area contributed by atoms with Crippen LogP contribution in [0.1, 0.15) is 42.4 Å². The SMILES string of the molecule is COc1ccc(C[C@@H](NC(=O)NC(C)(C)c2ccc(C)cc2)c2nc3ccccc3[nH]2)cc1. The highest BCUT2D eigenvalue weighted by Crippen LogP contribution is 2.23. The number of hydrogen-bond acceptors (Lipinski definition) is 3. The minimum atomic E-state index is -0.531.